The van der Waals surface area contributed by atoms with E-state index in [2.05, 4.69) is 4.98 Å². The average molecular weight is 551 g/mol. The molecule has 2 aromatic heterocycles. The minimum absolute atomic E-state index is 0.119. The molecule has 1 saturated heterocycles. The van der Waals surface area contributed by atoms with Crippen molar-refractivity contribution in [1.29, 1.82) is 0 Å². The second kappa shape index (κ2) is 8.87. The number of halogens is 3. The summed E-state index contributed by atoms with van der Waals surface area (Å²) in [5, 5.41) is 0. The third-order valence-electron chi connectivity index (χ3n) is 5.43. The van der Waals surface area contributed by atoms with E-state index < -0.39 is 44.0 Å². The van der Waals surface area contributed by atoms with Gasteiger partial charge in [-0.25, -0.2) is 26.5 Å². The van der Waals surface area contributed by atoms with Gasteiger partial charge in [0.1, 0.15) is 8.42 Å². The van der Waals surface area contributed by atoms with Crippen LogP contribution < -0.4 is 4.72 Å². The second-order valence-corrected chi connectivity index (χ2v) is 13.4. The van der Waals surface area contributed by atoms with Crippen molar-refractivity contribution in [3.63, 3.8) is 0 Å². The number of rotatable bonds is 6. The van der Waals surface area contributed by atoms with Crippen LogP contribution in [0.2, 0.25) is 0 Å². The fraction of sp³-hybridized carbons (Fsp3) is 0.400. The highest BCUT2D eigenvalue weighted by Crippen LogP contribution is 2.34. The van der Waals surface area contributed by atoms with E-state index in [1.807, 2.05) is 4.72 Å². The zero-order valence-corrected chi connectivity index (χ0v) is 21.0. The van der Waals surface area contributed by atoms with Crippen LogP contribution in [0, 0.1) is 0 Å². The molecule has 1 N–H and O–H groups in total. The van der Waals surface area contributed by atoms with E-state index in [9.17, 15) is 34.8 Å². The lowest BCUT2D eigenvalue weighted by atomic mass is 10.2. The van der Waals surface area contributed by atoms with Crippen molar-refractivity contribution in [3.05, 3.63) is 41.7 Å². The number of hydrogen-bond donors (Lipinski definition) is 1. The highest BCUT2D eigenvalue weighted by Gasteiger charge is 2.38. The third kappa shape index (κ3) is 4.81. The Kier molecular flexibility index (Phi) is 6.49. The van der Waals surface area contributed by atoms with Gasteiger partial charge in [0, 0.05) is 24.7 Å². The molecule has 0 aliphatic carbocycles. The molecule has 0 saturated carbocycles. The number of thiophene rings is 1. The number of fused-ring (bicyclic) bond motifs is 1. The van der Waals surface area contributed by atoms with E-state index >= 15 is 0 Å². The Morgan fingerprint density at radius 1 is 1.06 bits per heavy atom. The summed E-state index contributed by atoms with van der Waals surface area (Å²) in [5.74, 6) is -2.21. The van der Waals surface area contributed by atoms with E-state index in [1.165, 1.54) is 22.5 Å². The molecule has 4 rings (SSSR count). The summed E-state index contributed by atoms with van der Waals surface area (Å²) in [6.07, 6.45) is -3.28. The quantitative estimate of drug-likeness (QED) is 0.501. The minimum Gasteiger partial charge on any atom is -0.318 e. The van der Waals surface area contributed by atoms with Crippen molar-refractivity contribution in [2.75, 3.05) is 13.1 Å². The SMILES string of the molecule is CC(C)n1c(C(F)(F)F)nc2cc(C(=O)NS(=O)(=O)c3ccc(S(=O)(=O)N4CCCC4)s3)ccc21. The van der Waals surface area contributed by atoms with Gasteiger partial charge in [-0.1, -0.05) is 0 Å². The molecule has 15 heteroatoms. The third-order valence-corrected chi connectivity index (χ3v) is 10.7. The largest absolute Gasteiger partial charge is 0.449 e. The van der Waals surface area contributed by atoms with Gasteiger partial charge in [0.05, 0.1) is 11.0 Å². The fourth-order valence-corrected chi connectivity index (χ4v) is 8.25. The van der Waals surface area contributed by atoms with Crippen molar-refractivity contribution in [2.45, 2.75) is 47.3 Å². The van der Waals surface area contributed by atoms with Crippen LogP contribution >= 0.6 is 11.3 Å². The van der Waals surface area contributed by atoms with E-state index in [1.54, 1.807) is 13.8 Å². The zero-order valence-electron chi connectivity index (χ0n) is 18.5. The average Bonchev–Trinajstić information content (AvgIpc) is 3.52. The monoisotopic (exact) mass is 550 g/mol. The smallest absolute Gasteiger partial charge is 0.318 e. The first-order chi connectivity index (χ1) is 16.2. The number of amides is 1. The summed E-state index contributed by atoms with van der Waals surface area (Å²) in [6.45, 7) is 3.82. The van der Waals surface area contributed by atoms with E-state index in [0.717, 1.165) is 29.5 Å². The Morgan fingerprint density at radius 2 is 1.69 bits per heavy atom. The van der Waals surface area contributed by atoms with Crippen molar-refractivity contribution in [2.24, 2.45) is 0 Å². The highest BCUT2D eigenvalue weighted by molar-refractivity contribution is 7.94. The van der Waals surface area contributed by atoms with Gasteiger partial charge in [0.2, 0.25) is 5.82 Å². The molecule has 1 aromatic carbocycles. The number of hydrogen-bond acceptors (Lipinski definition) is 7. The fourth-order valence-electron chi connectivity index (χ4n) is 3.84. The Hall–Kier alpha value is -2.49. The number of imidazole rings is 1. The van der Waals surface area contributed by atoms with E-state index in [0.29, 0.717) is 24.4 Å². The van der Waals surface area contributed by atoms with Crippen LogP contribution in [0.3, 0.4) is 0 Å². The molecular formula is C20H21F3N4O5S3. The lowest BCUT2D eigenvalue weighted by Gasteiger charge is -2.14. The molecule has 1 amide bonds. The molecule has 0 spiro atoms. The molecule has 9 nitrogen and oxygen atoms in total. The van der Waals surface area contributed by atoms with Crippen LogP contribution in [-0.2, 0) is 26.2 Å². The normalized spacial score (nSPS) is 15.8. The standard InChI is InChI=1S/C20H21F3N4O5S3/c1-12(2)27-15-6-5-13(11-14(15)24-19(27)20(21,22)23)18(28)25-34(29,30)16-7-8-17(33-16)35(31,32)26-9-3-4-10-26/h5-8,11-12H,3-4,9-10H2,1-2H3,(H,25,28). The molecule has 1 fully saturated rings. The topological polar surface area (TPSA) is 118 Å². The van der Waals surface area contributed by atoms with Crippen LogP contribution in [0.1, 0.15) is 48.9 Å². The number of aromatic nitrogens is 2. The zero-order chi connectivity index (χ0) is 25.8. The highest BCUT2D eigenvalue weighted by atomic mass is 32.3. The van der Waals surface area contributed by atoms with Crippen molar-refractivity contribution < 1.29 is 34.8 Å². The predicted molar refractivity (Wildman–Crippen MR) is 122 cm³/mol. The molecule has 0 bridgehead atoms. The molecule has 1 aliphatic rings. The molecule has 0 atom stereocenters. The van der Waals surface area contributed by atoms with Gasteiger partial charge in [-0.2, -0.15) is 17.5 Å². The Labute approximate surface area is 203 Å². The van der Waals surface area contributed by atoms with Crippen molar-refractivity contribution in [3.8, 4) is 0 Å². The molecule has 3 aromatic rings. The van der Waals surface area contributed by atoms with Crippen LogP contribution in [0.4, 0.5) is 13.2 Å². The lowest BCUT2D eigenvalue weighted by molar-refractivity contribution is -0.147. The Bertz CT molecular complexity index is 1500. The van der Waals surface area contributed by atoms with Crippen molar-refractivity contribution in [1.82, 2.24) is 18.6 Å². The van der Waals surface area contributed by atoms with Gasteiger partial charge in [-0.05, 0) is 57.0 Å². The molecule has 35 heavy (non-hydrogen) atoms. The maximum Gasteiger partial charge on any atom is 0.449 e. The summed E-state index contributed by atoms with van der Waals surface area (Å²) in [5.41, 5.74) is -0.197. The number of carbonyl (C=O) groups excluding carboxylic acids is 1. The van der Waals surface area contributed by atoms with Crippen LogP contribution in [0.15, 0.2) is 38.8 Å². The lowest BCUT2D eigenvalue weighted by Crippen LogP contribution is -2.30. The van der Waals surface area contributed by atoms with E-state index in [4.69, 9.17) is 0 Å². The van der Waals surface area contributed by atoms with Crippen LogP contribution in [0.25, 0.3) is 11.0 Å². The van der Waals surface area contributed by atoms with Gasteiger partial charge in [-0.3, -0.25) is 4.79 Å². The Morgan fingerprint density at radius 3 is 2.29 bits per heavy atom. The number of alkyl halides is 3. The van der Waals surface area contributed by atoms with Gasteiger partial charge < -0.3 is 4.57 Å². The maximum absolute atomic E-state index is 13.4. The number of sulfonamides is 2. The number of carbonyl (C=O) groups is 1. The molecular weight excluding hydrogens is 529 g/mol. The summed E-state index contributed by atoms with van der Waals surface area (Å²) >= 11 is 0.512. The van der Waals surface area contributed by atoms with Gasteiger partial charge >= 0.3 is 6.18 Å². The number of nitrogens with zero attached hydrogens (tertiary/aromatic N) is 3. The summed E-state index contributed by atoms with van der Waals surface area (Å²) in [4.78, 5) is 16.3. The van der Waals surface area contributed by atoms with Gasteiger partial charge in [-0.15, -0.1) is 11.3 Å². The Balaban J connectivity index is 1.61. The van der Waals surface area contributed by atoms with Crippen molar-refractivity contribution >= 4 is 48.3 Å². The van der Waals surface area contributed by atoms with Gasteiger partial charge in [0.25, 0.3) is 26.0 Å². The minimum atomic E-state index is -4.72. The maximum atomic E-state index is 13.4. The van der Waals surface area contributed by atoms with Crippen LogP contribution in [0.5, 0.6) is 0 Å². The summed E-state index contributed by atoms with van der Waals surface area (Å²) in [6, 6.07) is 5.23. The van der Waals surface area contributed by atoms with E-state index in [-0.39, 0.29) is 25.0 Å². The summed E-state index contributed by atoms with van der Waals surface area (Å²) < 4.78 is 94.6. The molecule has 1 aliphatic heterocycles. The van der Waals surface area contributed by atoms with Crippen LogP contribution in [-0.4, -0.2) is 49.7 Å². The number of benzene rings is 1. The first kappa shape index (κ1) is 25.6. The summed E-state index contributed by atoms with van der Waals surface area (Å²) in [7, 11) is -8.26. The number of nitrogens with one attached hydrogen (secondary N) is 1. The molecule has 0 radical (unpaired) electrons. The second-order valence-electron chi connectivity index (χ2n) is 8.22. The van der Waals surface area contributed by atoms with Gasteiger partial charge in [0.15, 0.2) is 0 Å². The predicted octanol–water partition coefficient (Wildman–Crippen LogP) is 3.60. The molecule has 190 valence electrons. The molecule has 3 heterocycles. The first-order valence-electron chi connectivity index (χ1n) is 10.5. The molecule has 0 unspecified atom stereocenters. The first-order valence-corrected chi connectivity index (χ1v) is 14.2.